The number of benzene rings is 2. The Morgan fingerprint density at radius 3 is 2.47 bits per heavy atom. The van der Waals surface area contributed by atoms with Crippen LogP contribution in [0.5, 0.6) is 5.75 Å². The quantitative estimate of drug-likeness (QED) is 0.568. The Labute approximate surface area is 172 Å². The number of rotatable bonds is 8. The number of esters is 1. The molecule has 0 aliphatic carbocycles. The number of halogens is 1. The van der Waals surface area contributed by atoms with Gasteiger partial charge in [0.2, 0.25) is 0 Å². The average molecular weight is 412 g/mol. The molecule has 0 fully saturated rings. The van der Waals surface area contributed by atoms with Crippen LogP contribution in [0.2, 0.25) is 0 Å². The summed E-state index contributed by atoms with van der Waals surface area (Å²) in [5, 5.41) is 6.41. The maximum absolute atomic E-state index is 13.1. The Bertz CT molecular complexity index is 1010. The summed E-state index contributed by atoms with van der Waals surface area (Å²) in [6.45, 7) is 3.79. The fourth-order valence-electron chi connectivity index (χ4n) is 2.70. The summed E-state index contributed by atoms with van der Waals surface area (Å²) in [7, 11) is 0. The Morgan fingerprint density at radius 1 is 1.10 bits per heavy atom. The molecule has 0 aliphatic heterocycles. The second kappa shape index (κ2) is 9.69. The predicted octanol–water partition coefficient (Wildman–Crippen LogP) is 3.66. The van der Waals surface area contributed by atoms with Crippen LogP contribution in [-0.4, -0.2) is 30.2 Å². The molecule has 0 aliphatic rings. The summed E-state index contributed by atoms with van der Waals surface area (Å²) in [4.78, 5) is 24.1. The number of carbonyl (C=O) groups excluding carboxylic acids is 2. The molecule has 8 heteroatoms. The van der Waals surface area contributed by atoms with E-state index >= 15 is 0 Å². The Hall–Kier alpha value is -3.68. The lowest BCUT2D eigenvalue weighted by Crippen LogP contribution is -2.30. The second-order valence-electron chi connectivity index (χ2n) is 6.39. The lowest BCUT2D eigenvalue weighted by molar-refractivity contribution is -0.143. The van der Waals surface area contributed by atoms with Gasteiger partial charge in [0, 0.05) is 16.7 Å². The summed E-state index contributed by atoms with van der Waals surface area (Å²) in [6, 6.07) is 12.4. The number of ether oxygens (including phenoxy) is 2. The highest BCUT2D eigenvalue weighted by Crippen LogP contribution is 2.26. The van der Waals surface area contributed by atoms with Gasteiger partial charge in [-0.2, -0.15) is 0 Å². The van der Waals surface area contributed by atoms with Gasteiger partial charge in [0.25, 0.3) is 5.91 Å². The first-order valence-electron chi connectivity index (χ1n) is 9.35. The molecule has 0 unspecified atom stereocenters. The van der Waals surface area contributed by atoms with Crippen molar-refractivity contribution in [2.75, 3.05) is 13.2 Å². The molecule has 3 rings (SSSR count). The number of aromatic nitrogens is 1. The molecule has 7 nitrogen and oxygen atoms in total. The first-order chi connectivity index (χ1) is 14.5. The van der Waals surface area contributed by atoms with Crippen molar-refractivity contribution in [3.05, 3.63) is 71.2 Å². The molecule has 30 heavy (non-hydrogen) atoms. The first kappa shape index (κ1) is 21.0. The monoisotopic (exact) mass is 412 g/mol. The van der Waals surface area contributed by atoms with Crippen molar-refractivity contribution >= 4 is 11.9 Å². The van der Waals surface area contributed by atoms with Gasteiger partial charge in [-0.1, -0.05) is 5.16 Å². The van der Waals surface area contributed by atoms with Gasteiger partial charge in [-0.25, -0.2) is 4.39 Å². The zero-order chi connectivity index (χ0) is 21.5. The summed E-state index contributed by atoms with van der Waals surface area (Å²) >= 11 is 0. The van der Waals surface area contributed by atoms with E-state index in [1.54, 1.807) is 43.3 Å². The maximum Gasteiger partial charge on any atom is 0.325 e. The largest absolute Gasteiger partial charge is 0.494 e. The summed E-state index contributed by atoms with van der Waals surface area (Å²) in [5.41, 5.74) is 2.21. The van der Waals surface area contributed by atoms with Crippen LogP contribution in [0.3, 0.4) is 0 Å². The third kappa shape index (κ3) is 5.22. The summed E-state index contributed by atoms with van der Waals surface area (Å²) in [6.07, 6.45) is 0. The fourth-order valence-corrected chi connectivity index (χ4v) is 2.70. The second-order valence-corrected chi connectivity index (χ2v) is 6.39. The van der Waals surface area contributed by atoms with Crippen molar-refractivity contribution in [3.63, 3.8) is 0 Å². The molecule has 0 spiro atoms. The fraction of sp³-hybridized carbons (Fsp3) is 0.227. The van der Waals surface area contributed by atoms with Gasteiger partial charge in [0.05, 0.1) is 6.61 Å². The van der Waals surface area contributed by atoms with Crippen LogP contribution in [0.25, 0.3) is 11.3 Å². The normalized spacial score (nSPS) is 10.5. The van der Waals surface area contributed by atoms with Crippen LogP contribution in [0, 0.1) is 12.7 Å². The molecular weight excluding hydrogens is 391 g/mol. The molecule has 1 N–H and O–H groups in total. The minimum absolute atomic E-state index is 0.103. The topological polar surface area (TPSA) is 90.7 Å². The van der Waals surface area contributed by atoms with Crippen molar-refractivity contribution in [1.29, 1.82) is 0 Å². The van der Waals surface area contributed by atoms with E-state index in [9.17, 15) is 14.0 Å². The third-order valence-corrected chi connectivity index (χ3v) is 4.32. The molecule has 2 aromatic carbocycles. The van der Waals surface area contributed by atoms with E-state index in [0.29, 0.717) is 40.5 Å². The predicted molar refractivity (Wildman–Crippen MR) is 106 cm³/mol. The van der Waals surface area contributed by atoms with Crippen molar-refractivity contribution in [2.24, 2.45) is 0 Å². The van der Waals surface area contributed by atoms with Gasteiger partial charge in [-0.15, -0.1) is 0 Å². The molecular formula is C22H21FN2O5. The van der Waals surface area contributed by atoms with Crippen molar-refractivity contribution in [3.8, 4) is 17.1 Å². The Balaban J connectivity index is 1.50. The van der Waals surface area contributed by atoms with Crippen molar-refractivity contribution in [2.45, 2.75) is 20.5 Å². The molecule has 3 aromatic rings. The highest BCUT2D eigenvalue weighted by atomic mass is 19.1. The van der Waals surface area contributed by atoms with E-state index in [-0.39, 0.29) is 19.0 Å². The Kier molecular flexibility index (Phi) is 6.79. The standard InChI is InChI=1S/C22H21FN2O5/c1-3-28-18-10-6-16(7-11-18)22(27)24-12-20(26)29-13-19-14(2)21(30-25-19)15-4-8-17(23)9-5-15/h4-11H,3,12-13H2,1-2H3,(H,24,27). The number of nitrogens with one attached hydrogen (secondary N) is 1. The van der Waals surface area contributed by atoms with Gasteiger partial charge in [-0.3, -0.25) is 9.59 Å². The molecule has 0 atom stereocenters. The number of carbonyl (C=O) groups is 2. The van der Waals surface area contributed by atoms with E-state index < -0.39 is 11.9 Å². The van der Waals surface area contributed by atoms with E-state index in [1.807, 2.05) is 6.92 Å². The molecule has 0 bridgehead atoms. The zero-order valence-electron chi connectivity index (χ0n) is 16.6. The van der Waals surface area contributed by atoms with Crippen LogP contribution >= 0.6 is 0 Å². The van der Waals surface area contributed by atoms with E-state index in [0.717, 1.165) is 0 Å². The number of hydrogen-bond acceptors (Lipinski definition) is 6. The highest BCUT2D eigenvalue weighted by molar-refractivity contribution is 5.96. The third-order valence-electron chi connectivity index (χ3n) is 4.32. The summed E-state index contributed by atoms with van der Waals surface area (Å²) in [5.74, 6) is -0.218. The SMILES string of the molecule is CCOc1ccc(C(=O)NCC(=O)OCc2noc(-c3ccc(F)cc3)c2C)cc1. The molecule has 156 valence electrons. The smallest absolute Gasteiger partial charge is 0.325 e. The minimum Gasteiger partial charge on any atom is -0.494 e. The molecule has 0 radical (unpaired) electrons. The minimum atomic E-state index is -0.611. The van der Waals surface area contributed by atoms with Gasteiger partial charge < -0.3 is 19.3 Å². The van der Waals surface area contributed by atoms with Gasteiger partial charge in [0.15, 0.2) is 5.76 Å². The number of nitrogens with zero attached hydrogens (tertiary/aromatic N) is 1. The zero-order valence-corrected chi connectivity index (χ0v) is 16.6. The molecule has 1 amide bonds. The van der Waals surface area contributed by atoms with Crippen LogP contribution in [-0.2, 0) is 16.1 Å². The number of amides is 1. The molecule has 0 saturated carbocycles. The molecule has 1 heterocycles. The van der Waals surface area contributed by atoms with Crippen LogP contribution in [0.4, 0.5) is 4.39 Å². The molecule has 0 saturated heterocycles. The van der Waals surface area contributed by atoms with Crippen LogP contribution in [0.1, 0.15) is 28.5 Å². The lowest BCUT2D eigenvalue weighted by atomic mass is 10.1. The van der Waals surface area contributed by atoms with Crippen LogP contribution in [0.15, 0.2) is 53.1 Å². The lowest BCUT2D eigenvalue weighted by Gasteiger charge is -2.07. The molecule has 1 aromatic heterocycles. The van der Waals surface area contributed by atoms with Crippen molar-refractivity contribution < 1.29 is 28.0 Å². The summed E-state index contributed by atoms with van der Waals surface area (Å²) < 4.78 is 28.8. The van der Waals surface area contributed by atoms with E-state index in [2.05, 4.69) is 10.5 Å². The maximum atomic E-state index is 13.1. The van der Waals surface area contributed by atoms with Gasteiger partial charge in [0.1, 0.15) is 30.4 Å². The van der Waals surface area contributed by atoms with E-state index in [1.165, 1.54) is 12.1 Å². The average Bonchev–Trinajstić information content (AvgIpc) is 3.12. The first-order valence-corrected chi connectivity index (χ1v) is 9.35. The van der Waals surface area contributed by atoms with Gasteiger partial charge >= 0.3 is 5.97 Å². The van der Waals surface area contributed by atoms with Gasteiger partial charge in [-0.05, 0) is 62.4 Å². The highest BCUT2D eigenvalue weighted by Gasteiger charge is 2.16. The number of hydrogen-bond donors (Lipinski definition) is 1. The van der Waals surface area contributed by atoms with E-state index in [4.69, 9.17) is 14.0 Å². The van der Waals surface area contributed by atoms with Crippen molar-refractivity contribution in [1.82, 2.24) is 10.5 Å². The Morgan fingerprint density at radius 2 is 1.80 bits per heavy atom. The van der Waals surface area contributed by atoms with Crippen LogP contribution < -0.4 is 10.1 Å².